The van der Waals surface area contributed by atoms with Gasteiger partial charge in [0.15, 0.2) is 6.73 Å². The Labute approximate surface area is 153 Å². The van der Waals surface area contributed by atoms with Crippen LogP contribution in [0.1, 0.15) is 16.1 Å². The predicted molar refractivity (Wildman–Crippen MR) is 95.9 cm³/mol. The van der Waals surface area contributed by atoms with Gasteiger partial charge in [0.25, 0.3) is 5.56 Å². The van der Waals surface area contributed by atoms with Crippen molar-refractivity contribution in [1.82, 2.24) is 20.2 Å². The third-order valence-corrected chi connectivity index (χ3v) is 4.06. The SMILES string of the molecule is Cc1onc(-c2ccccc2)c1C(=O)OCn1nnc2ccccc2c1=O. The highest BCUT2D eigenvalue weighted by Crippen LogP contribution is 2.25. The first-order valence-electron chi connectivity index (χ1n) is 8.16. The summed E-state index contributed by atoms with van der Waals surface area (Å²) in [6.45, 7) is 1.26. The lowest BCUT2D eigenvalue weighted by molar-refractivity contribution is 0.0335. The number of fused-ring (bicyclic) bond motifs is 1. The third-order valence-electron chi connectivity index (χ3n) is 4.06. The topological polar surface area (TPSA) is 100 Å². The zero-order valence-corrected chi connectivity index (χ0v) is 14.3. The van der Waals surface area contributed by atoms with Crippen LogP contribution in [0.15, 0.2) is 63.9 Å². The Balaban J connectivity index is 1.60. The molecule has 2 aromatic heterocycles. The summed E-state index contributed by atoms with van der Waals surface area (Å²) in [5, 5.41) is 12.1. The van der Waals surface area contributed by atoms with Gasteiger partial charge in [-0.05, 0) is 19.1 Å². The van der Waals surface area contributed by atoms with Crippen LogP contribution in [0.5, 0.6) is 0 Å². The molecule has 0 radical (unpaired) electrons. The normalized spacial score (nSPS) is 10.9. The number of benzene rings is 2. The molecule has 2 aromatic carbocycles. The first-order chi connectivity index (χ1) is 13.1. The number of ether oxygens (including phenoxy) is 1. The van der Waals surface area contributed by atoms with Gasteiger partial charge in [0, 0.05) is 5.56 Å². The first kappa shape index (κ1) is 16.6. The molecule has 0 bridgehead atoms. The molecule has 8 nitrogen and oxygen atoms in total. The van der Waals surface area contributed by atoms with E-state index >= 15 is 0 Å². The van der Waals surface area contributed by atoms with Gasteiger partial charge in [-0.25, -0.2) is 4.79 Å². The Morgan fingerprint density at radius 1 is 1.11 bits per heavy atom. The van der Waals surface area contributed by atoms with Crippen molar-refractivity contribution in [2.45, 2.75) is 13.7 Å². The van der Waals surface area contributed by atoms with Gasteiger partial charge in [0.05, 0.1) is 5.39 Å². The fraction of sp³-hybridized carbons (Fsp3) is 0.105. The van der Waals surface area contributed by atoms with Crippen molar-refractivity contribution in [2.75, 3.05) is 0 Å². The average Bonchev–Trinajstić information content (AvgIpc) is 3.10. The van der Waals surface area contributed by atoms with E-state index in [-0.39, 0.29) is 12.3 Å². The Bertz CT molecular complexity index is 1180. The molecule has 4 aromatic rings. The summed E-state index contributed by atoms with van der Waals surface area (Å²) in [6.07, 6.45) is 0. The summed E-state index contributed by atoms with van der Waals surface area (Å²) >= 11 is 0. The number of carbonyl (C=O) groups is 1. The lowest BCUT2D eigenvalue weighted by Gasteiger charge is -2.07. The smallest absolute Gasteiger partial charge is 0.345 e. The van der Waals surface area contributed by atoms with Gasteiger partial charge < -0.3 is 9.26 Å². The van der Waals surface area contributed by atoms with E-state index in [9.17, 15) is 9.59 Å². The second-order valence-corrected chi connectivity index (χ2v) is 5.80. The van der Waals surface area contributed by atoms with E-state index < -0.39 is 11.5 Å². The number of aromatic nitrogens is 4. The highest BCUT2D eigenvalue weighted by Gasteiger charge is 2.23. The molecule has 0 atom stereocenters. The monoisotopic (exact) mass is 362 g/mol. The molecule has 4 rings (SSSR count). The van der Waals surface area contributed by atoms with Crippen molar-refractivity contribution in [3.8, 4) is 11.3 Å². The van der Waals surface area contributed by atoms with Gasteiger partial charge >= 0.3 is 5.97 Å². The number of esters is 1. The van der Waals surface area contributed by atoms with Gasteiger partial charge in [-0.2, -0.15) is 4.68 Å². The van der Waals surface area contributed by atoms with Crippen molar-refractivity contribution in [3.05, 3.63) is 76.3 Å². The van der Waals surface area contributed by atoms with Crippen LogP contribution in [-0.4, -0.2) is 26.1 Å². The van der Waals surface area contributed by atoms with Crippen LogP contribution in [0.3, 0.4) is 0 Å². The van der Waals surface area contributed by atoms with Gasteiger partial charge in [-0.15, -0.1) is 5.10 Å². The summed E-state index contributed by atoms with van der Waals surface area (Å²) in [6, 6.07) is 16.0. The highest BCUT2D eigenvalue weighted by atomic mass is 16.5. The lowest BCUT2D eigenvalue weighted by Crippen LogP contribution is -2.26. The Hall–Kier alpha value is -3.81. The molecule has 8 heteroatoms. The summed E-state index contributed by atoms with van der Waals surface area (Å²) in [5.74, 6) is -0.328. The van der Waals surface area contributed by atoms with E-state index in [2.05, 4.69) is 15.5 Å². The zero-order chi connectivity index (χ0) is 18.8. The quantitative estimate of drug-likeness (QED) is 0.514. The maximum atomic E-state index is 12.6. The van der Waals surface area contributed by atoms with Crippen LogP contribution in [0, 0.1) is 6.92 Å². The fourth-order valence-corrected chi connectivity index (χ4v) is 2.71. The van der Waals surface area contributed by atoms with Crippen LogP contribution < -0.4 is 5.56 Å². The Kier molecular flexibility index (Phi) is 4.21. The second kappa shape index (κ2) is 6.83. The summed E-state index contributed by atoms with van der Waals surface area (Å²) < 4.78 is 11.4. The zero-order valence-electron chi connectivity index (χ0n) is 14.3. The van der Waals surface area contributed by atoms with E-state index in [1.54, 1.807) is 31.2 Å². The van der Waals surface area contributed by atoms with Crippen LogP contribution in [0.25, 0.3) is 22.2 Å². The molecular weight excluding hydrogens is 348 g/mol. The van der Waals surface area contributed by atoms with E-state index in [4.69, 9.17) is 9.26 Å². The van der Waals surface area contributed by atoms with E-state index in [1.165, 1.54) is 0 Å². The maximum Gasteiger partial charge on any atom is 0.345 e. The molecular formula is C19H14N4O4. The minimum Gasteiger partial charge on any atom is -0.438 e. The summed E-state index contributed by atoms with van der Waals surface area (Å²) in [4.78, 5) is 25.0. The molecule has 134 valence electrons. The highest BCUT2D eigenvalue weighted by molar-refractivity contribution is 5.97. The predicted octanol–water partition coefficient (Wildman–Crippen LogP) is 2.57. The number of nitrogens with zero attached hydrogens (tertiary/aromatic N) is 4. The number of rotatable bonds is 4. The average molecular weight is 362 g/mol. The van der Waals surface area contributed by atoms with E-state index in [0.717, 1.165) is 10.2 Å². The first-order valence-corrected chi connectivity index (χ1v) is 8.16. The molecule has 0 amide bonds. The van der Waals surface area contributed by atoms with Crippen molar-refractivity contribution in [1.29, 1.82) is 0 Å². The molecule has 0 aliphatic carbocycles. The molecule has 27 heavy (non-hydrogen) atoms. The van der Waals surface area contributed by atoms with Crippen LogP contribution in [0.4, 0.5) is 0 Å². The minimum absolute atomic E-state index is 0.211. The van der Waals surface area contributed by atoms with Crippen molar-refractivity contribution >= 4 is 16.9 Å². The number of hydrogen-bond acceptors (Lipinski definition) is 7. The molecule has 0 saturated carbocycles. The second-order valence-electron chi connectivity index (χ2n) is 5.80. The Morgan fingerprint density at radius 2 is 1.85 bits per heavy atom. The molecule has 0 N–H and O–H groups in total. The van der Waals surface area contributed by atoms with Gasteiger partial charge in [-0.1, -0.05) is 52.8 Å². The van der Waals surface area contributed by atoms with Gasteiger partial charge in [0.2, 0.25) is 0 Å². The molecule has 0 fully saturated rings. The standard InChI is InChI=1S/C19H14N4O4/c1-12-16(17(21-27-12)13-7-3-2-4-8-13)19(25)26-11-23-18(24)14-9-5-6-10-15(14)20-22-23/h2-10H,11H2,1H3. The molecule has 2 heterocycles. The van der Waals surface area contributed by atoms with Crippen molar-refractivity contribution in [3.63, 3.8) is 0 Å². The van der Waals surface area contributed by atoms with Gasteiger partial charge in [-0.3, -0.25) is 4.79 Å². The summed E-state index contributed by atoms with van der Waals surface area (Å²) in [5.41, 5.74) is 1.41. The van der Waals surface area contributed by atoms with Crippen LogP contribution in [-0.2, 0) is 11.5 Å². The van der Waals surface area contributed by atoms with Crippen LogP contribution >= 0.6 is 0 Å². The molecule has 0 unspecified atom stereocenters. The third kappa shape index (κ3) is 3.08. The van der Waals surface area contributed by atoms with E-state index in [0.29, 0.717) is 22.4 Å². The van der Waals surface area contributed by atoms with Crippen molar-refractivity contribution in [2.24, 2.45) is 0 Å². The van der Waals surface area contributed by atoms with Crippen molar-refractivity contribution < 1.29 is 14.1 Å². The number of carbonyl (C=O) groups excluding carboxylic acids is 1. The molecule has 0 saturated heterocycles. The fourth-order valence-electron chi connectivity index (χ4n) is 2.71. The lowest BCUT2D eigenvalue weighted by atomic mass is 10.1. The molecule has 0 aliphatic heterocycles. The minimum atomic E-state index is -0.658. The molecule has 0 aliphatic rings. The van der Waals surface area contributed by atoms with E-state index in [1.807, 2.05) is 30.3 Å². The molecule has 0 spiro atoms. The largest absolute Gasteiger partial charge is 0.438 e. The van der Waals surface area contributed by atoms with Gasteiger partial charge in [0.1, 0.15) is 22.5 Å². The van der Waals surface area contributed by atoms with Crippen LogP contribution in [0.2, 0.25) is 0 Å². The summed E-state index contributed by atoms with van der Waals surface area (Å²) in [7, 11) is 0. The number of aryl methyl sites for hydroxylation is 1. The maximum absolute atomic E-state index is 12.6. The Morgan fingerprint density at radius 3 is 2.67 bits per heavy atom. The number of hydrogen-bond donors (Lipinski definition) is 0.